The Morgan fingerprint density at radius 1 is 1.32 bits per heavy atom. The lowest BCUT2D eigenvalue weighted by Gasteiger charge is -2.36. The molecular formula is C17H26N4O. The number of rotatable bonds is 5. The monoisotopic (exact) mass is 302 g/mol. The van der Waals surface area contributed by atoms with Crippen LogP contribution in [0.1, 0.15) is 20.8 Å². The highest BCUT2D eigenvalue weighted by molar-refractivity contribution is 5.88. The van der Waals surface area contributed by atoms with Crippen LogP contribution < -0.4 is 10.2 Å². The molecule has 0 aliphatic carbocycles. The van der Waals surface area contributed by atoms with Gasteiger partial charge in [-0.1, -0.05) is 11.6 Å². The fourth-order valence-electron chi connectivity index (χ4n) is 2.68. The molecule has 1 fully saturated rings. The number of piperazine rings is 1. The Kier molecular flexibility index (Phi) is 5.95. The number of amides is 1. The van der Waals surface area contributed by atoms with Crippen LogP contribution in [0.3, 0.4) is 0 Å². The number of carbonyl (C=O) groups is 1. The summed E-state index contributed by atoms with van der Waals surface area (Å²) in [6.45, 7) is 10.8. The van der Waals surface area contributed by atoms with E-state index in [0.29, 0.717) is 0 Å². The summed E-state index contributed by atoms with van der Waals surface area (Å²) < 4.78 is 0. The van der Waals surface area contributed by atoms with Crippen molar-refractivity contribution < 1.29 is 4.79 Å². The van der Waals surface area contributed by atoms with Crippen LogP contribution in [-0.2, 0) is 4.79 Å². The second-order valence-electron chi connectivity index (χ2n) is 6.11. The summed E-state index contributed by atoms with van der Waals surface area (Å²) in [5.74, 6) is 1.05. The van der Waals surface area contributed by atoms with Gasteiger partial charge in [-0.05, 0) is 32.9 Å². The maximum absolute atomic E-state index is 11.7. The molecule has 0 bridgehead atoms. The molecule has 1 aromatic heterocycles. The molecule has 1 aliphatic heterocycles. The Morgan fingerprint density at radius 3 is 2.64 bits per heavy atom. The zero-order valence-electron chi connectivity index (χ0n) is 13.7. The van der Waals surface area contributed by atoms with Gasteiger partial charge in [-0.15, -0.1) is 0 Å². The van der Waals surface area contributed by atoms with Gasteiger partial charge in [0.2, 0.25) is 5.91 Å². The number of pyridine rings is 1. The summed E-state index contributed by atoms with van der Waals surface area (Å²) in [5, 5.41) is 3.02. The number of nitrogens with zero attached hydrogens (tertiary/aromatic N) is 3. The quantitative estimate of drug-likeness (QED) is 0.841. The van der Waals surface area contributed by atoms with E-state index in [2.05, 4.69) is 33.1 Å². The Balaban J connectivity index is 1.75. The molecule has 0 saturated carbocycles. The van der Waals surface area contributed by atoms with Crippen LogP contribution in [0.5, 0.6) is 0 Å². The first-order valence-electron chi connectivity index (χ1n) is 7.88. The van der Waals surface area contributed by atoms with E-state index in [1.165, 1.54) is 0 Å². The molecule has 2 rings (SSSR count). The summed E-state index contributed by atoms with van der Waals surface area (Å²) in [6.07, 6.45) is 3.48. The predicted molar refractivity (Wildman–Crippen MR) is 89.9 cm³/mol. The van der Waals surface area contributed by atoms with Crippen LogP contribution in [0, 0.1) is 0 Å². The highest BCUT2D eigenvalue weighted by Crippen LogP contribution is 2.12. The second-order valence-corrected chi connectivity index (χ2v) is 6.11. The number of anilines is 1. The van der Waals surface area contributed by atoms with Crippen LogP contribution >= 0.6 is 0 Å². The van der Waals surface area contributed by atoms with Gasteiger partial charge in [-0.25, -0.2) is 4.98 Å². The van der Waals surface area contributed by atoms with Gasteiger partial charge >= 0.3 is 0 Å². The second kappa shape index (κ2) is 7.94. The van der Waals surface area contributed by atoms with E-state index in [-0.39, 0.29) is 11.9 Å². The fraction of sp³-hybridized carbons (Fsp3) is 0.529. The minimum absolute atomic E-state index is 0.000350. The summed E-state index contributed by atoms with van der Waals surface area (Å²) >= 11 is 0. The fourth-order valence-corrected chi connectivity index (χ4v) is 2.68. The van der Waals surface area contributed by atoms with E-state index in [1.807, 2.05) is 32.2 Å². The summed E-state index contributed by atoms with van der Waals surface area (Å²) in [6, 6.07) is 6.17. The average Bonchev–Trinajstić information content (AvgIpc) is 2.47. The molecule has 22 heavy (non-hydrogen) atoms. The van der Waals surface area contributed by atoms with Crippen molar-refractivity contribution in [2.45, 2.75) is 26.8 Å². The van der Waals surface area contributed by atoms with E-state index in [0.717, 1.165) is 44.1 Å². The third-order valence-electron chi connectivity index (χ3n) is 3.69. The molecule has 5 heteroatoms. The Morgan fingerprint density at radius 2 is 2.05 bits per heavy atom. The van der Waals surface area contributed by atoms with Gasteiger partial charge in [0.15, 0.2) is 0 Å². The summed E-state index contributed by atoms with van der Waals surface area (Å²) in [4.78, 5) is 20.8. The molecule has 0 spiro atoms. The van der Waals surface area contributed by atoms with Crippen molar-refractivity contribution in [2.75, 3.05) is 37.6 Å². The molecule has 0 radical (unpaired) electrons. The lowest BCUT2D eigenvalue weighted by Crippen LogP contribution is -2.50. The van der Waals surface area contributed by atoms with Crippen LogP contribution in [0.4, 0.5) is 5.82 Å². The molecule has 0 aromatic carbocycles. The summed E-state index contributed by atoms with van der Waals surface area (Å²) in [7, 11) is 0. The minimum Gasteiger partial charge on any atom is -0.354 e. The SMILES string of the molecule is CC(C)=CC(=O)N[C@@H](C)CN1CCN(c2ccccn2)CC1. The molecule has 1 saturated heterocycles. The molecule has 120 valence electrons. The number of nitrogens with one attached hydrogen (secondary N) is 1. The van der Waals surface area contributed by atoms with Crippen LogP contribution in [-0.4, -0.2) is 54.6 Å². The Labute approximate surface area is 133 Å². The largest absolute Gasteiger partial charge is 0.354 e. The van der Waals surface area contributed by atoms with Crippen LogP contribution in [0.2, 0.25) is 0 Å². The highest BCUT2D eigenvalue weighted by atomic mass is 16.1. The first-order valence-corrected chi connectivity index (χ1v) is 7.88. The van der Waals surface area contributed by atoms with Gasteiger partial charge in [-0.3, -0.25) is 9.69 Å². The molecule has 5 nitrogen and oxygen atoms in total. The summed E-state index contributed by atoms with van der Waals surface area (Å²) in [5.41, 5.74) is 1.02. The first-order chi connectivity index (χ1) is 10.5. The molecule has 2 heterocycles. The average molecular weight is 302 g/mol. The number of aromatic nitrogens is 1. The maximum atomic E-state index is 11.7. The predicted octanol–water partition coefficient (Wildman–Crippen LogP) is 1.67. The topological polar surface area (TPSA) is 48.5 Å². The van der Waals surface area contributed by atoms with Gasteiger partial charge in [0.05, 0.1) is 0 Å². The number of allylic oxidation sites excluding steroid dienone is 1. The number of hydrogen-bond acceptors (Lipinski definition) is 4. The standard InChI is InChI=1S/C17H26N4O/c1-14(2)12-17(22)19-15(3)13-20-8-10-21(11-9-20)16-6-4-5-7-18-16/h4-7,12,15H,8-11,13H2,1-3H3,(H,19,22)/t15-/m0/s1. The van der Waals surface area contributed by atoms with Crippen molar-refractivity contribution in [1.29, 1.82) is 0 Å². The van der Waals surface area contributed by atoms with Crippen molar-refractivity contribution in [2.24, 2.45) is 0 Å². The third-order valence-corrected chi connectivity index (χ3v) is 3.69. The zero-order chi connectivity index (χ0) is 15.9. The highest BCUT2D eigenvalue weighted by Gasteiger charge is 2.19. The van der Waals surface area contributed by atoms with Gasteiger partial charge in [0.25, 0.3) is 0 Å². The van der Waals surface area contributed by atoms with E-state index in [4.69, 9.17) is 0 Å². The van der Waals surface area contributed by atoms with E-state index in [9.17, 15) is 4.79 Å². The molecular weight excluding hydrogens is 276 g/mol. The van der Waals surface area contributed by atoms with Gasteiger partial charge < -0.3 is 10.2 Å². The van der Waals surface area contributed by atoms with E-state index < -0.39 is 0 Å². The third kappa shape index (κ3) is 5.15. The first kappa shape index (κ1) is 16.5. The number of hydrogen-bond donors (Lipinski definition) is 1. The molecule has 1 amide bonds. The lowest BCUT2D eigenvalue weighted by atomic mass is 10.2. The van der Waals surface area contributed by atoms with Crippen LogP contribution in [0.15, 0.2) is 36.0 Å². The molecule has 1 atom stereocenters. The van der Waals surface area contributed by atoms with Crippen molar-refractivity contribution in [3.8, 4) is 0 Å². The zero-order valence-corrected chi connectivity index (χ0v) is 13.7. The van der Waals surface area contributed by atoms with Crippen molar-refractivity contribution in [1.82, 2.24) is 15.2 Å². The Bertz CT molecular complexity index is 503. The smallest absolute Gasteiger partial charge is 0.244 e. The van der Waals surface area contributed by atoms with Gasteiger partial charge in [0, 0.05) is 51.0 Å². The van der Waals surface area contributed by atoms with Crippen LogP contribution in [0.25, 0.3) is 0 Å². The molecule has 1 aromatic rings. The van der Waals surface area contributed by atoms with E-state index in [1.54, 1.807) is 6.08 Å². The Hall–Kier alpha value is -1.88. The van der Waals surface area contributed by atoms with Gasteiger partial charge in [0.1, 0.15) is 5.82 Å². The van der Waals surface area contributed by atoms with Crippen molar-refractivity contribution in [3.05, 3.63) is 36.0 Å². The normalized spacial score (nSPS) is 17.0. The number of carbonyl (C=O) groups excluding carboxylic acids is 1. The molecule has 0 unspecified atom stereocenters. The van der Waals surface area contributed by atoms with Crippen molar-refractivity contribution in [3.63, 3.8) is 0 Å². The lowest BCUT2D eigenvalue weighted by molar-refractivity contribution is -0.117. The minimum atomic E-state index is -0.000350. The molecule has 1 aliphatic rings. The van der Waals surface area contributed by atoms with E-state index >= 15 is 0 Å². The van der Waals surface area contributed by atoms with Crippen molar-refractivity contribution >= 4 is 11.7 Å². The molecule has 1 N–H and O–H groups in total. The van der Waals surface area contributed by atoms with Gasteiger partial charge in [-0.2, -0.15) is 0 Å². The maximum Gasteiger partial charge on any atom is 0.244 e.